The van der Waals surface area contributed by atoms with Gasteiger partial charge in [-0.05, 0) is 42.7 Å². The summed E-state index contributed by atoms with van der Waals surface area (Å²) >= 11 is 10.7. The summed E-state index contributed by atoms with van der Waals surface area (Å²) in [7, 11) is 2.17. The van der Waals surface area contributed by atoms with Crippen LogP contribution in [0.2, 0.25) is 5.02 Å². The standard InChI is InChI=1S/C14H20ClNS/c1-16(10-14(11-17)7-4-8-14)9-12-5-2-3-6-13(12)15/h2-3,5-6,17H,4,7-11H2,1H3. The second-order valence-corrected chi connectivity index (χ2v) is 6.00. The maximum absolute atomic E-state index is 6.18. The van der Waals surface area contributed by atoms with Gasteiger partial charge < -0.3 is 4.90 Å². The molecule has 1 aliphatic carbocycles. The van der Waals surface area contributed by atoms with Gasteiger partial charge in [-0.3, -0.25) is 0 Å². The van der Waals surface area contributed by atoms with Crippen LogP contribution in [-0.2, 0) is 6.54 Å². The lowest BCUT2D eigenvalue weighted by Crippen LogP contribution is -2.42. The average molecular weight is 270 g/mol. The Morgan fingerprint density at radius 3 is 2.59 bits per heavy atom. The van der Waals surface area contributed by atoms with Crippen LogP contribution in [0.5, 0.6) is 0 Å². The Morgan fingerprint density at radius 2 is 2.06 bits per heavy atom. The Morgan fingerprint density at radius 1 is 1.35 bits per heavy atom. The van der Waals surface area contributed by atoms with Gasteiger partial charge in [-0.15, -0.1) is 0 Å². The predicted molar refractivity (Wildman–Crippen MR) is 77.9 cm³/mol. The normalized spacial score (nSPS) is 18.1. The van der Waals surface area contributed by atoms with Gasteiger partial charge in [0.05, 0.1) is 0 Å². The van der Waals surface area contributed by atoms with Crippen LogP contribution in [0.4, 0.5) is 0 Å². The summed E-state index contributed by atoms with van der Waals surface area (Å²) in [6.07, 6.45) is 4.01. The van der Waals surface area contributed by atoms with Gasteiger partial charge in [-0.1, -0.05) is 36.2 Å². The lowest BCUT2D eigenvalue weighted by atomic mass is 9.70. The summed E-state index contributed by atoms with van der Waals surface area (Å²) < 4.78 is 0. The quantitative estimate of drug-likeness (QED) is 0.794. The summed E-state index contributed by atoms with van der Waals surface area (Å²) in [5.41, 5.74) is 1.67. The lowest BCUT2D eigenvalue weighted by molar-refractivity contribution is 0.102. The Hall–Kier alpha value is -0.180. The van der Waals surface area contributed by atoms with Crippen LogP contribution in [0, 0.1) is 5.41 Å². The number of hydrogen-bond donors (Lipinski definition) is 1. The molecule has 2 rings (SSSR count). The van der Waals surface area contributed by atoms with Crippen LogP contribution in [0.1, 0.15) is 24.8 Å². The fourth-order valence-corrected chi connectivity index (χ4v) is 3.20. The van der Waals surface area contributed by atoms with Crippen molar-refractivity contribution in [2.75, 3.05) is 19.3 Å². The van der Waals surface area contributed by atoms with Crippen molar-refractivity contribution in [3.05, 3.63) is 34.9 Å². The van der Waals surface area contributed by atoms with Gasteiger partial charge in [-0.2, -0.15) is 12.6 Å². The maximum atomic E-state index is 6.18. The first kappa shape index (κ1) is 13.3. The second-order valence-electron chi connectivity index (χ2n) is 5.28. The predicted octanol–water partition coefficient (Wildman–Crippen LogP) is 3.87. The average Bonchev–Trinajstić information content (AvgIpc) is 2.27. The smallest absolute Gasteiger partial charge is 0.0451 e. The van der Waals surface area contributed by atoms with E-state index in [1.165, 1.54) is 24.8 Å². The molecule has 0 radical (unpaired) electrons. The minimum absolute atomic E-state index is 0.457. The summed E-state index contributed by atoms with van der Waals surface area (Å²) in [5.74, 6) is 1.000. The zero-order valence-corrected chi connectivity index (χ0v) is 12.0. The van der Waals surface area contributed by atoms with E-state index >= 15 is 0 Å². The molecule has 0 unspecified atom stereocenters. The fraction of sp³-hybridized carbons (Fsp3) is 0.571. The Bertz CT molecular complexity index is 371. The molecule has 0 saturated heterocycles. The molecule has 0 heterocycles. The van der Waals surface area contributed by atoms with E-state index in [0.29, 0.717) is 5.41 Å². The molecule has 1 aromatic carbocycles. The first-order valence-corrected chi connectivity index (χ1v) is 7.19. The monoisotopic (exact) mass is 269 g/mol. The third kappa shape index (κ3) is 3.18. The van der Waals surface area contributed by atoms with Gasteiger partial charge in [0.25, 0.3) is 0 Å². The number of nitrogens with zero attached hydrogens (tertiary/aromatic N) is 1. The molecule has 94 valence electrons. The summed E-state index contributed by atoms with van der Waals surface area (Å²) in [6.45, 7) is 2.05. The first-order chi connectivity index (χ1) is 8.15. The SMILES string of the molecule is CN(Cc1ccccc1Cl)CC1(CS)CCC1. The molecular formula is C14H20ClNS. The van der Waals surface area contributed by atoms with Crippen molar-refractivity contribution >= 4 is 24.2 Å². The highest BCUT2D eigenvalue weighted by Crippen LogP contribution is 2.42. The Labute approximate surface area is 115 Å². The van der Waals surface area contributed by atoms with E-state index in [1.54, 1.807) is 0 Å². The van der Waals surface area contributed by atoms with Crippen molar-refractivity contribution in [1.29, 1.82) is 0 Å². The molecule has 1 aliphatic rings. The highest BCUT2D eigenvalue weighted by Gasteiger charge is 2.36. The summed E-state index contributed by atoms with van der Waals surface area (Å²) in [4.78, 5) is 2.37. The van der Waals surface area contributed by atoms with Crippen LogP contribution < -0.4 is 0 Å². The molecule has 0 bridgehead atoms. The van der Waals surface area contributed by atoms with Gasteiger partial charge in [0.2, 0.25) is 0 Å². The van der Waals surface area contributed by atoms with Crippen molar-refractivity contribution in [3.63, 3.8) is 0 Å². The van der Waals surface area contributed by atoms with E-state index in [-0.39, 0.29) is 0 Å². The first-order valence-electron chi connectivity index (χ1n) is 6.18. The topological polar surface area (TPSA) is 3.24 Å². The Kier molecular flexibility index (Phi) is 4.40. The molecule has 0 spiro atoms. The van der Waals surface area contributed by atoms with Crippen molar-refractivity contribution in [2.45, 2.75) is 25.8 Å². The van der Waals surface area contributed by atoms with E-state index in [9.17, 15) is 0 Å². The molecule has 1 nitrogen and oxygen atoms in total. The van der Waals surface area contributed by atoms with Gasteiger partial charge in [0, 0.05) is 18.1 Å². The van der Waals surface area contributed by atoms with Crippen LogP contribution in [-0.4, -0.2) is 24.2 Å². The minimum atomic E-state index is 0.457. The molecule has 1 fully saturated rings. The summed E-state index contributed by atoms with van der Waals surface area (Å²) in [5, 5.41) is 0.868. The van der Waals surface area contributed by atoms with Gasteiger partial charge in [0.15, 0.2) is 0 Å². The highest BCUT2D eigenvalue weighted by atomic mass is 35.5. The lowest BCUT2D eigenvalue weighted by Gasteiger charge is -2.43. The number of benzene rings is 1. The Balaban J connectivity index is 1.93. The minimum Gasteiger partial charge on any atom is -0.301 e. The molecule has 3 heteroatoms. The molecule has 1 aromatic rings. The van der Waals surface area contributed by atoms with Crippen LogP contribution in [0.25, 0.3) is 0 Å². The van der Waals surface area contributed by atoms with Crippen molar-refractivity contribution in [2.24, 2.45) is 5.41 Å². The van der Waals surface area contributed by atoms with Gasteiger partial charge in [-0.25, -0.2) is 0 Å². The molecule has 17 heavy (non-hydrogen) atoms. The highest BCUT2D eigenvalue weighted by molar-refractivity contribution is 7.80. The second kappa shape index (κ2) is 5.64. The van der Waals surface area contributed by atoms with Crippen molar-refractivity contribution in [3.8, 4) is 0 Å². The molecule has 0 atom stereocenters. The number of rotatable bonds is 5. The molecule has 0 aliphatic heterocycles. The molecule has 0 amide bonds. The fourth-order valence-electron chi connectivity index (χ4n) is 2.59. The van der Waals surface area contributed by atoms with Crippen LogP contribution in [0.15, 0.2) is 24.3 Å². The van der Waals surface area contributed by atoms with Crippen LogP contribution in [0.3, 0.4) is 0 Å². The largest absolute Gasteiger partial charge is 0.301 e. The molecule has 0 aromatic heterocycles. The van der Waals surface area contributed by atoms with E-state index < -0.39 is 0 Å². The molecular weight excluding hydrogens is 250 g/mol. The van der Waals surface area contributed by atoms with E-state index in [4.69, 9.17) is 11.6 Å². The van der Waals surface area contributed by atoms with E-state index in [1.807, 2.05) is 18.2 Å². The van der Waals surface area contributed by atoms with Crippen molar-refractivity contribution in [1.82, 2.24) is 4.90 Å². The number of thiol groups is 1. The maximum Gasteiger partial charge on any atom is 0.0451 e. The van der Waals surface area contributed by atoms with E-state index in [2.05, 4.69) is 30.6 Å². The van der Waals surface area contributed by atoms with Crippen molar-refractivity contribution < 1.29 is 0 Å². The van der Waals surface area contributed by atoms with Crippen LogP contribution >= 0.6 is 24.2 Å². The third-order valence-electron chi connectivity index (χ3n) is 3.75. The van der Waals surface area contributed by atoms with Gasteiger partial charge >= 0.3 is 0 Å². The summed E-state index contributed by atoms with van der Waals surface area (Å²) in [6, 6.07) is 8.09. The zero-order chi connectivity index (χ0) is 12.3. The molecule has 1 saturated carbocycles. The molecule has 0 N–H and O–H groups in total. The number of hydrogen-bond acceptors (Lipinski definition) is 2. The van der Waals surface area contributed by atoms with Gasteiger partial charge in [0.1, 0.15) is 0 Å². The zero-order valence-electron chi connectivity index (χ0n) is 10.3. The number of halogens is 1. The third-order valence-corrected chi connectivity index (χ3v) is 4.79. The van der Waals surface area contributed by atoms with E-state index in [0.717, 1.165) is 23.9 Å².